The highest BCUT2D eigenvalue weighted by Crippen LogP contribution is 2.19. The van der Waals surface area contributed by atoms with Crippen molar-refractivity contribution in [2.75, 3.05) is 32.7 Å². The smallest absolute Gasteiger partial charge is 0.224 e. The maximum Gasteiger partial charge on any atom is 0.224 e. The van der Waals surface area contributed by atoms with Gasteiger partial charge >= 0.3 is 0 Å². The van der Waals surface area contributed by atoms with Gasteiger partial charge in [0.2, 0.25) is 5.91 Å². The summed E-state index contributed by atoms with van der Waals surface area (Å²) in [6.45, 7) is 5.47. The minimum absolute atomic E-state index is 0. The van der Waals surface area contributed by atoms with Crippen LogP contribution < -0.4 is 10.6 Å². The summed E-state index contributed by atoms with van der Waals surface area (Å²) in [4.78, 5) is 14.7. The third kappa shape index (κ3) is 7.94. The lowest BCUT2D eigenvalue weighted by Gasteiger charge is -2.32. The maximum absolute atomic E-state index is 13.3. The molecule has 27 heavy (non-hydrogen) atoms. The van der Waals surface area contributed by atoms with Crippen LogP contribution in [0.5, 0.6) is 0 Å². The normalized spacial score (nSPS) is 23.0. The number of amides is 1. The highest BCUT2D eigenvalue weighted by molar-refractivity contribution is 5.85. The molecule has 0 aromatic heterocycles. The van der Waals surface area contributed by atoms with Crippen molar-refractivity contribution in [2.45, 2.75) is 38.6 Å². The van der Waals surface area contributed by atoms with Crippen LogP contribution in [0.4, 0.5) is 4.39 Å². The number of piperidine rings is 2. The molecule has 0 aliphatic carbocycles. The van der Waals surface area contributed by atoms with E-state index in [1.807, 2.05) is 6.07 Å². The molecular formula is C20H32Cl2FN3O. The molecule has 1 aromatic rings. The minimum Gasteiger partial charge on any atom is -0.356 e. The zero-order chi connectivity index (χ0) is 17.5. The fourth-order valence-electron chi connectivity index (χ4n) is 4.02. The Hall–Kier alpha value is -0.880. The van der Waals surface area contributed by atoms with Crippen molar-refractivity contribution in [1.29, 1.82) is 0 Å². The third-order valence-electron chi connectivity index (χ3n) is 5.42. The Bertz CT molecular complexity index is 570. The average molecular weight is 420 g/mol. The van der Waals surface area contributed by atoms with Gasteiger partial charge in [-0.1, -0.05) is 12.1 Å². The van der Waals surface area contributed by atoms with Crippen molar-refractivity contribution >= 4 is 30.7 Å². The average Bonchev–Trinajstić information content (AvgIpc) is 2.63. The van der Waals surface area contributed by atoms with Crippen LogP contribution in [0.3, 0.4) is 0 Å². The van der Waals surface area contributed by atoms with Crippen molar-refractivity contribution in [1.82, 2.24) is 15.5 Å². The highest BCUT2D eigenvalue weighted by atomic mass is 35.5. The number of likely N-dealkylation sites (tertiary alicyclic amines) is 1. The SMILES string of the molecule is Cl.Cl.O=C(NCCC1CCCNC1)C1CCCN(Cc2cccc(F)c2)C1. The number of nitrogens with one attached hydrogen (secondary N) is 2. The Kier molecular flexibility index (Phi) is 11.2. The first-order valence-electron chi connectivity index (χ1n) is 9.66. The van der Waals surface area contributed by atoms with Gasteiger partial charge in [0.15, 0.2) is 0 Å². The Morgan fingerprint density at radius 1 is 1.26 bits per heavy atom. The van der Waals surface area contributed by atoms with E-state index >= 15 is 0 Å². The summed E-state index contributed by atoms with van der Waals surface area (Å²) in [6.07, 6.45) is 5.57. The van der Waals surface area contributed by atoms with E-state index in [0.29, 0.717) is 5.92 Å². The molecule has 2 fully saturated rings. The lowest BCUT2D eigenvalue weighted by atomic mass is 9.95. The van der Waals surface area contributed by atoms with Gasteiger partial charge in [-0.15, -0.1) is 24.8 Å². The summed E-state index contributed by atoms with van der Waals surface area (Å²) in [5.74, 6) is 0.755. The summed E-state index contributed by atoms with van der Waals surface area (Å²) in [5.41, 5.74) is 0.978. The van der Waals surface area contributed by atoms with Crippen LogP contribution in [0.25, 0.3) is 0 Å². The van der Waals surface area contributed by atoms with E-state index < -0.39 is 0 Å². The number of rotatable bonds is 6. The Balaban J connectivity index is 0.00000182. The molecule has 0 saturated carbocycles. The van der Waals surface area contributed by atoms with Crippen molar-refractivity contribution < 1.29 is 9.18 Å². The van der Waals surface area contributed by atoms with E-state index in [1.54, 1.807) is 12.1 Å². The molecule has 2 aliphatic heterocycles. The van der Waals surface area contributed by atoms with Gasteiger partial charge in [0.25, 0.3) is 0 Å². The fourth-order valence-corrected chi connectivity index (χ4v) is 4.02. The van der Waals surface area contributed by atoms with Gasteiger partial charge in [-0.2, -0.15) is 0 Å². The quantitative estimate of drug-likeness (QED) is 0.742. The third-order valence-corrected chi connectivity index (χ3v) is 5.42. The number of hydrogen-bond donors (Lipinski definition) is 2. The molecule has 2 aliphatic rings. The fraction of sp³-hybridized carbons (Fsp3) is 0.650. The van der Waals surface area contributed by atoms with Crippen LogP contribution in [-0.2, 0) is 11.3 Å². The molecule has 1 amide bonds. The van der Waals surface area contributed by atoms with Crippen molar-refractivity contribution in [3.8, 4) is 0 Å². The number of benzene rings is 1. The summed E-state index contributed by atoms with van der Waals surface area (Å²) in [7, 11) is 0. The molecule has 3 rings (SSSR count). The second-order valence-electron chi connectivity index (χ2n) is 7.50. The van der Waals surface area contributed by atoms with E-state index in [9.17, 15) is 9.18 Å². The zero-order valence-corrected chi connectivity index (χ0v) is 17.4. The lowest BCUT2D eigenvalue weighted by molar-refractivity contribution is -0.126. The van der Waals surface area contributed by atoms with Gasteiger partial charge in [-0.05, 0) is 75.4 Å². The number of carbonyl (C=O) groups is 1. The number of hydrogen-bond acceptors (Lipinski definition) is 3. The molecule has 2 unspecified atom stereocenters. The topological polar surface area (TPSA) is 44.4 Å². The first-order chi connectivity index (χ1) is 12.2. The van der Waals surface area contributed by atoms with E-state index in [4.69, 9.17) is 0 Å². The molecule has 2 heterocycles. The van der Waals surface area contributed by atoms with Gasteiger partial charge in [0.1, 0.15) is 5.82 Å². The predicted molar refractivity (Wildman–Crippen MR) is 112 cm³/mol. The summed E-state index contributed by atoms with van der Waals surface area (Å²) >= 11 is 0. The van der Waals surface area contributed by atoms with E-state index in [-0.39, 0.29) is 42.5 Å². The first-order valence-corrected chi connectivity index (χ1v) is 9.66. The Morgan fingerprint density at radius 2 is 2.11 bits per heavy atom. The number of nitrogens with zero attached hydrogens (tertiary/aromatic N) is 1. The molecule has 2 saturated heterocycles. The molecule has 0 bridgehead atoms. The molecule has 2 N–H and O–H groups in total. The predicted octanol–water partition coefficient (Wildman–Crippen LogP) is 3.39. The molecule has 154 valence electrons. The largest absolute Gasteiger partial charge is 0.356 e. The second-order valence-corrected chi connectivity index (χ2v) is 7.50. The van der Waals surface area contributed by atoms with E-state index in [0.717, 1.165) is 64.1 Å². The molecular weight excluding hydrogens is 388 g/mol. The molecule has 4 nitrogen and oxygen atoms in total. The van der Waals surface area contributed by atoms with Crippen LogP contribution in [0.15, 0.2) is 24.3 Å². The molecule has 1 aromatic carbocycles. The van der Waals surface area contributed by atoms with Crippen LogP contribution >= 0.6 is 24.8 Å². The highest BCUT2D eigenvalue weighted by Gasteiger charge is 2.25. The van der Waals surface area contributed by atoms with Gasteiger partial charge in [0.05, 0.1) is 5.92 Å². The van der Waals surface area contributed by atoms with Crippen LogP contribution in [0.1, 0.15) is 37.7 Å². The molecule has 7 heteroatoms. The van der Waals surface area contributed by atoms with Crippen LogP contribution in [0.2, 0.25) is 0 Å². The van der Waals surface area contributed by atoms with Gasteiger partial charge < -0.3 is 10.6 Å². The molecule has 0 radical (unpaired) electrons. The molecule has 2 atom stereocenters. The number of halogens is 3. The van der Waals surface area contributed by atoms with Gasteiger partial charge in [-0.25, -0.2) is 4.39 Å². The standard InChI is InChI=1S/C20H30FN3O.2ClH/c21-19-7-1-4-17(12-19)14-24-11-3-6-18(15-24)20(25)23-10-8-16-5-2-9-22-13-16;;/h1,4,7,12,16,18,22H,2-3,5-6,8-11,13-15H2,(H,23,25);2*1H. The van der Waals surface area contributed by atoms with Crippen molar-refractivity contribution in [3.05, 3.63) is 35.6 Å². The maximum atomic E-state index is 13.3. The molecule has 0 spiro atoms. The van der Waals surface area contributed by atoms with Crippen LogP contribution in [0, 0.1) is 17.7 Å². The number of carbonyl (C=O) groups excluding carboxylic acids is 1. The first kappa shape index (κ1) is 24.2. The van der Waals surface area contributed by atoms with Gasteiger partial charge in [-0.3, -0.25) is 9.69 Å². The zero-order valence-electron chi connectivity index (χ0n) is 15.8. The second kappa shape index (κ2) is 12.6. The van der Waals surface area contributed by atoms with E-state index in [1.165, 1.54) is 18.9 Å². The Morgan fingerprint density at radius 3 is 2.85 bits per heavy atom. The summed E-state index contributed by atoms with van der Waals surface area (Å²) in [5, 5.41) is 6.56. The van der Waals surface area contributed by atoms with Crippen molar-refractivity contribution in [3.63, 3.8) is 0 Å². The van der Waals surface area contributed by atoms with Crippen LogP contribution in [-0.4, -0.2) is 43.5 Å². The minimum atomic E-state index is -0.194. The van der Waals surface area contributed by atoms with Gasteiger partial charge in [0, 0.05) is 19.6 Å². The lowest BCUT2D eigenvalue weighted by Crippen LogP contribution is -2.43. The summed E-state index contributed by atoms with van der Waals surface area (Å²) < 4.78 is 13.3. The monoisotopic (exact) mass is 419 g/mol. The summed E-state index contributed by atoms with van der Waals surface area (Å²) in [6, 6.07) is 6.75. The van der Waals surface area contributed by atoms with E-state index in [2.05, 4.69) is 15.5 Å². The Labute approximate surface area is 174 Å². The van der Waals surface area contributed by atoms with Crippen molar-refractivity contribution in [2.24, 2.45) is 11.8 Å².